The predicted molar refractivity (Wildman–Crippen MR) is 98.0 cm³/mol. The lowest BCUT2D eigenvalue weighted by Crippen LogP contribution is -2.30. The third-order valence-electron chi connectivity index (χ3n) is 4.18. The lowest BCUT2D eigenvalue weighted by Gasteiger charge is -2.07. The molecule has 1 aliphatic heterocycles. The van der Waals surface area contributed by atoms with Crippen molar-refractivity contribution in [1.82, 2.24) is 14.6 Å². The van der Waals surface area contributed by atoms with Crippen LogP contribution in [0.15, 0.2) is 46.6 Å². The molecule has 1 amide bonds. The van der Waals surface area contributed by atoms with Crippen molar-refractivity contribution in [3.63, 3.8) is 0 Å². The van der Waals surface area contributed by atoms with Gasteiger partial charge in [-0.2, -0.15) is 9.50 Å². The molecule has 1 aliphatic rings. The Labute approximate surface area is 149 Å². The second-order valence-electron chi connectivity index (χ2n) is 5.60. The maximum Gasteiger partial charge on any atom is 0.291 e. The quantitative estimate of drug-likeness (QED) is 0.515. The third kappa shape index (κ3) is 1.95. The number of likely N-dealkylation sites (N-methyl/N-ethyl adjacent to an activating group) is 1. The third-order valence-corrected chi connectivity index (χ3v) is 6.07. The number of rotatable bonds is 1. The first-order chi connectivity index (χ1) is 12.1. The molecule has 0 bridgehead atoms. The molecule has 0 N–H and O–H groups in total. The van der Waals surface area contributed by atoms with Crippen molar-refractivity contribution in [2.24, 2.45) is 0 Å². The summed E-state index contributed by atoms with van der Waals surface area (Å²) in [6.45, 7) is 0. The molecule has 0 aliphatic carbocycles. The second-order valence-corrected chi connectivity index (χ2v) is 7.52. The van der Waals surface area contributed by atoms with Crippen molar-refractivity contribution in [2.75, 3.05) is 11.9 Å². The molecule has 1 aromatic carbocycles. The van der Waals surface area contributed by atoms with Crippen LogP contribution in [0, 0.1) is 0 Å². The SMILES string of the molecule is CN1C(=O)/C(=c2\sc3nc(-c4cccs4)nn3c2=O)c2ccccc21. The van der Waals surface area contributed by atoms with Gasteiger partial charge in [-0.05, 0) is 17.5 Å². The molecule has 122 valence electrons. The van der Waals surface area contributed by atoms with Gasteiger partial charge in [0.15, 0.2) is 5.82 Å². The fourth-order valence-corrected chi connectivity index (χ4v) is 4.64. The van der Waals surface area contributed by atoms with E-state index in [1.54, 1.807) is 11.9 Å². The van der Waals surface area contributed by atoms with Gasteiger partial charge in [-0.1, -0.05) is 35.6 Å². The van der Waals surface area contributed by atoms with Crippen LogP contribution in [-0.4, -0.2) is 27.6 Å². The molecule has 4 heterocycles. The number of para-hydroxylation sites is 1. The molecule has 0 unspecified atom stereocenters. The van der Waals surface area contributed by atoms with Gasteiger partial charge in [0.05, 0.1) is 16.1 Å². The van der Waals surface area contributed by atoms with Crippen molar-refractivity contribution in [3.05, 3.63) is 62.2 Å². The van der Waals surface area contributed by atoms with Crippen LogP contribution >= 0.6 is 22.7 Å². The van der Waals surface area contributed by atoms with Gasteiger partial charge in [-0.25, -0.2) is 0 Å². The molecular weight excluding hydrogens is 356 g/mol. The van der Waals surface area contributed by atoms with E-state index in [9.17, 15) is 9.59 Å². The van der Waals surface area contributed by atoms with Crippen LogP contribution in [0.5, 0.6) is 0 Å². The molecule has 6 nitrogen and oxygen atoms in total. The average Bonchev–Trinajstić information content (AvgIpc) is 3.36. The van der Waals surface area contributed by atoms with Crippen LogP contribution in [0.1, 0.15) is 5.56 Å². The van der Waals surface area contributed by atoms with Gasteiger partial charge in [0, 0.05) is 12.6 Å². The van der Waals surface area contributed by atoms with Crippen LogP contribution < -0.4 is 15.0 Å². The van der Waals surface area contributed by atoms with Crippen molar-refractivity contribution < 1.29 is 4.79 Å². The summed E-state index contributed by atoms with van der Waals surface area (Å²) in [6, 6.07) is 11.3. The number of fused-ring (bicyclic) bond motifs is 2. The maximum absolute atomic E-state index is 12.8. The lowest BCUT2D eigenvalue weighted by atomic mass is 10.1. The summed E-state index contributed by atoms with van der Waals surface area (Å²) in [5, 5.41) is 6.26. The molecule has 0 saturated heterocycles. The number of amides is 1. The van der Waals surface area contributed by atoms with E-state index in [-0.39, 0.29) is 11.5 Å². The molecule has 25 heavy (non-hydrogen) atoms. The largest absolute Gasteiger partial charge is 0.311 e. The fourth-order valence-electron chi connectivity index (χ4n) is 2.98. The van der Waals surface area contributed by atoms with E-state index >= 15 is 0 Å². The molecule has 0 saturated carbocycles. The van der Waals surface area contributed by atoms with Crippen LogP contribution in [0.2, 0.25) is 0 Å². The minimum Gasteiger partial charge on any atom is -0.311 e. The van der Waals surface area contributed by atoms with E-state index in [0.717, 1.165) is 16.1 Å². The molecule has 0 spiro atoms. The van der Waals surface area contributed by atoms with Crippen LogP contribution in [-0.2, 0) is 4.79 Å². The van der Waals surface area contributed by atoms with Crippen molar-refractivity contribution in [3.8, 4) is 10.7 Å². The van der Waals surface area contributed by atoms with E-state index in [2.05, 4.69) is 10.1 Å². The number of thiophene rings is 1. The highest BCUT2D eigenvalue weighted by Gasteiger charge is 2.31. The first kappa shape index (κ1) is 14.5. The zero-order valence-corrected chi connectivity index (χ0v) is 14.6. The zero-order chi connectivity index (χ0) is 17.1. The van der Waals surface area contributed by atoms with E-state index in [0.29, 0.717) is 20.9 Å². The number of aromatic nitrogens is 3. The lowest BCUT2D eigenvalue weighted by molar-refractivity contribution is -0.112. The highest BCUT2D eigenvalue weighted by Crippen LogP contribution is 2.33. The van der Waals surface area contributed by atoms with Gasteiger partial charge in [-0.15, -0.1) is 16.4 Å². The smallest absolute Gasteiger partial charge is 0.291 e. The summed E-state index contributed by atoms with van der Waals surface area (Å²) >= 11 is 2.73. The van der Waals surface area contributed by atoms with Crippen molar-refractivity contribution in [2.45, 2.75) is 0 Å². The zero-order valence-electron chi connectivity index (χ0n) is 13.0. The molecule has 5 rings (SSSR count). The van der Waals surface area contributed by atoms with Gasteiger partial charge in [0.25, 0.3) is 11.5 Å². The van der Waals surface area contributed by atoms with E-state index < -0.39 is 0 Å². The molecule has 0 radical (unpaired) electrons. The Balaban J connectivity index is 1.81. The normalized spacial score (nSPS) is 16.0. The Morgan fingerprint density at radius 1 is 1.08 bits per heavy atom. The van der Waals surface area contributed by atoms with Crippen molar-refractivity contribution in [1.29, 1.82) is 0 Å². The summed E-state index contributed by atoms with van der Waals surface area (Å²) in [4.78, 5) is 32.9. The molecular formula is C17H10N4O2S2. The first-order valence-corrected chi connectivity index (χ1v) is 9.20. The number of carbonyl (C=O) groups is 1. The number of hydrogen-bond acceptors (Lipinski definition) is 6. The number of nitrogens with zero attached hydrogens (tertiary/aromatic N) is 4. The van der Waals surface area contributed by atoms with E-state index in [1.807, 2.05) is 41.8 Å². The number of hydrogen-bond donors (Lipinski definition) is 0. The Bertz CT molecular complexity index is 1250. The standard InChI is InChI=1S/C17H10N4O2S2/c1-20-10-6-3-2-5-9(10)12(15(20)22)13-16(23)21-17(25-13)18-14(19-21)11-7-4-8-24-11/h2-8H,1H3/b13-12-. The monoisotopic (exact) mass is 366 g/mol. The molecule has 3 aromatic heterocycles. The van der Waals surface area contributed by atoms with Gasteiger partial charge in [0.2, 0.25) is 4.96 Å². The van der Waals surface area contributed by atoms with Crippen LogP contribution in [0.3, 0.4) is 0 Å². The minimum atomic E-state index is -0.302. The molecule has 0 atom stereocenters. The second kappa shape index (κ2) is 5.08. The Hall–Kier alpha value is -2.84. The number of thiazole rings is 1. The molecule has 0 fully saturated rings. The average molecular weight is 366 g/mol. The fraction of sp³-hybridized carbons (Fsp3) is 0.0588. The number of anilines is 1. The molecule has 8 heteroatoms. The van der Waals surface area contributed by atoms with Gasteiger partial charge in [-0.3, -0.25) is 9.59 Å². The Morgan fingerprint density at radius 3 is 2.68 bits per heavy atom. The van der Waals surface area contributed by atoms with Crippen LogP contribution in [0.25, 0.3) is 21.2 Å². The van der Waals surface area contributed by atoms with Crippen LogP contribution in [0.4, 0.5) is 5.69 Å². The summed E-state index contributed by atoms with van der Waals surface area (Å²) < 4.78 is 1.67. The van der Waals surface area contributed by atoms with E-state index in [1.165, 1.54) is 27.2 Å². The predicted octanol–water partition coefficient (Wildman–Crippen LogP) is 1.77. The van der Waals surface area contributed by atoms with Gasteiger partial charge < -0.3 is 4.90 Å². The Morgan fingerprint density at radius 2 is 1.92 bits per heavy atom. The summed E-state index contributed by atoms with van der Waals surface area (Å²) in [5.41, 5.74) is 1.71. The number of carbonyl (C=O) groups excluding carboxylic acids is 1. The first-order valence-electron chi connectivity index (χ1n) is 7.50. The Kier molecular flexibility index (Phi) is 2.94. The summed E-state index contributed by atoms with van der Waals surface area (Å²) in [7, 11) is 1.71. The summed E-state index contributed by atoms with van der Waals surface area (Å²) in [6.07, 6.45) is 0. The van der Waals surface area contributed by atoms with E-state index in [4.69, 9.17) is 0 Å². The molecule has 4 aromatic rings. The van der Waals surface area contributed by atoms with Gasteiger partial charge >= 0.3 is 0 Å². The maximum atomic E-state index is 12.8. The van der Waals surface area contributed by atoms with Gasteiger partial charge in [0.1, 0.15) is 4.53 Å². The highest BCUT2D eigenvalue weighted by molar-refractivity contribution is 7.15. The highest BCUT2D eigenvalue weighted by atomic mass is 32.1. The minimum absolute atomic E-state index is 0.179. The summed E-state index contributed by atoms with van der Waals surface area (Å²) in [5.74, 6) is 0.353. The topological polar surface area (TPSA) is 67.6 Å². The number of benzene rings is 1. The van der Waals surface area contributed by atoms with Crippen molar-refractivity contribution >= 4 is 44.8 Å².